The summed E-state index contributed by atoms with van der Waals surface area (Å²) in [7, 11) is 0. The highest BCUT2D eigenvalue weighted by Crippen LogP contribution is 2.64. The van der Waals surface area contributed by atoms with Crippen molar-refractivity contribution in [2.45, 2.75) is 25.2 Å². The van der Waals surface area contributed by atoms with Gasteiger partial charge in [-0.1, -0.05) is 54.6 Å². The molecule has 1 aliphatic heterocycles. The molecule has 3 aromatic carbocycles. The molecule has 2 amide bonds. The Kier molecular flexibility index (Phi) is 4.03. The molecule has 2 unspecified atom stereocenters. The van der Waals surface area contributed by atoms with Crippen LogP contribution in [0, 0.1) is 28.9 Å². The molecular formula is C27H20N2O5. The molecule has 1 heterocycles. The van der Waals surface area contributed by atoms with Crippen LogP contribution < -0.4 is 4.90 Å². The molecule has 7 rings (SSSR count). The predicted molar refractivity (Wildman–Crippen MR) is 123 cm³/mol. The largest absolute Gasteiger partial charge is 0.299 e. The molecule has 2 bridgehead atoms. The summed E-state index contributed by atoms with van der Waals surface area (Å²) >= 11 is 0. The zero-order valence-corrected chi connectivity index (χ0v) is 18.5. The lowest BCUT2D eigenvalue weighted by Crippen LogP contribution is -2.57. The molecular weight excluding hydrogens is 432 g/mol. The second-order valence-electron chi connectivity index (χ2n) is 9.26. The Hall–Kier alpha value is -4.13. The molecule has 4 aliphatic rings. The number of Topliss-reactive ketones (excluding diaryl/α,β-unsaturated/α-hetero) is 1. The summed E-state index contributed by atoms with van der Waals surface area (Å²) in [6.45, 7) is 3.19. The van der Waals surface area contributed by atoms with Gasteiger partial charge in [-0.2, -0.15) is 0 Å². The maximum atomic E-state index is 14.1. The first-order valence-electron chi connectivity index (χ1n) is 11.1. The number of anilines is 1. The van der Waals surface area contributed by atoms with E-state index >= 15 is 0 Å². The van der Waals surface area contributed by atoms with Gasteiger partial charge in [0.2, 0.25) is 11.8 Å². The number of benzene rings is 3. The molecule has 1 fully saturated rings. The Morgan fingerprint density at radius 2 is 1.53 bits per heavy atom. The van der Waals surface area contributed by atoms with E-state index < -0.39 is 34.0 Å². The highest BCUT2D eigenvalue weighted by atomic mass is 16.6. The number of aryl methyl sites for hydroxylation is 1. The van der Waals surface area contributed by atoms with E-state index in [1.165, 1.54) is 25.1 Å². The Bertz CT molecular complexity index is 1410. The van der Waals surface area contributed by atoms with Crippen molar-refractivity contribution < 1.29 is 19.3 Å². The number of hydrogen-bond acceptors (Lipinski definition) is 5. The molecule has 0 N–H and O–H groups in total. The number of carbonyl (C=O) groups excluding carboxylic acids is 3. The number of hydrogen-bond donors (Lipinski definition) is 0. The number of ketones is 1. The Morgan fingerprint density at radius 1 is 0.941 bits per heavy atom. The molecule has 7 nitrogen and oxygen atoms in total. The second-order valence-corrected chi connectivity index (χ2v) is 9.26. The smallest absolute Gasteiger partial charge is 0.271 e. The van der Waals surface area contributed by atoms with Crippen LogP contribution in [0.3, 0.4) is 0 Å². The third-order valence-corrected chi connectivity index (χ3v) is 7.82. The first kappa shape index (κ1) is 20.5. The fraction of sp³-hybridized carbons (Fsp3) is 0.222. The molecule has 0 spiro atoms. The van der Waals surface area contributed by atoms with Crippen LogP contribution >= 0.6 is 0 Å². The van der Waals surface area contributed by atoms with Crippen LogP contribution in [0.1, 0.15) is 40.7 Å². The first-order valence-corrected chi connectivity index (χ1v) is 11.1. The first-order chi connectivity index (χ1) is 16.3. The third kappa shape index (κ3) is 2.24. The van der Waals surface area contributed by atoms with Crippen molar-refractivity contribution in [3.63, 3.8) is 0 Å². The van der Waals surface area contributed by atoms with Crippen molar-refractivity contribution in [3.05, 3.63) is 105 Å². The molecule has 168 valence electrons. The molecule has 0 aromatic heterocycles. The van der Waals surface area contributed by atoms with Crippen LogP contribution in [0.2, 0.25) is 0 Å². The topological polar surface area (TPSA) is 97.6 Å². The normalized spacial score (nSPS) is 26.2. The van der Waals surface area contributed by atoms with Crippen LogP contribution in [-0.2, 0) is 19.8 Å². The molecule has 0 saturated carbocycles. The van der Waals surface area contributed by atoms with Crippen LogP contribution in [0.15, 0.2) is 66.7 Å². The Morgan fingerprint density at radius 3 is 2.09 bits per heavy atom. The number of amides is 2. The molecule has 2 atom stereocenters. The van der Waals surface area contributed by atoms with Crippen molar-refractivity contribution in [1.82, 2.24) is 0 Å². The van der Waals surface area contributed by atoms with Gasteiger partial charge in [0, 0.05) is 18.1 Å². The van der Waals surface area contributed by atoms with Gasteiger partial charge >= 0.3 is 0 Å². The third-order valence-electron chi connectivity index (χ3n) is 7.82. The van der Waals surface area contributed by atoms with Gasteiger partial charge in [0.05, 0.1) is 27.9 Å². The van der Waals surface area contributed by atoms with E-state index in [9.17, 15) is 24.5 Å². The number of carbonyl (C=O) groups is 3. The van der Waals surface area contributed by atoms with Crippen molar-refractivity contribution in [3.8, 4) is 0 Å². The molecule has 0 radical (unpaired) electrons. The monoisotopic (exact) mass is 452 g/mol. The minimum atomic E-state index is -1.29. The molecule has 7 heteroatoms. The lowest BCUT2D eigenvalue weighted by Gasteiger charge is -2.52. The number of nitro groups is 1. The van der Waals surface area contributed by atoms with Gasteiger partial charge in [-0.3, -0.25) is 24.5 Å². The van der Waals surface area contributed by atoms with Gasteiger partial charge in [-0.15, -0.1) is 0 Å². The summed E-state index contributed by atoms with van der Waals surface area (Å²) in [5.41, 5.74) is 2.59. The van der Waals surface area contributed by atoms with Crippen LogP contribution in [-0.4, -0.2) is 22.5 Å². The molecule has 3 aromatic rings. The zero-order chi connectivity index (χ0) is 23.9. The highest BCUT2D eigenvalue weighted by molar-refractivity contribution is 6.26. The lowest BCUT2D eigenvalue weighted by atomic mass is 9.46. The summed E-state index contributed by atoms with van der Waals surface area (Å²) in [4.78, 5) is 53.6. The van der Waals surface area contributed by atoms with Crippen LogP contribution in [0.4, 0.5) is 11.4 Å². The van der Waals surface area contributed by atoms with Crippen molar-refractivity contribution in [2.75, 3.05) is 4.90 Å². The maximum Gasteiger partial charge on any atom is 0.271 e. The van der Waals surface area contributed by atoms with Gasteiger partial charge in [0.1, 0.15) is 5.78 Å². The second kappa shape index (κ2) is 6.70. The van der Waals surface area contributed by atoms with Gasteiger partial charge < -0.3 is 0 Å². The van der Waals surface area contributed by atoms with Gasteiger partial charge in [0.25, 0.3) is 5.69 Å². The minimum absolute atomic E-state index is 0.195. The van der Waals surface area contributed by atoms with E-state index in [0.29, 0.717) is 5.56 Å². The minimum Gasteiger partial charge on any atom is -0.299 e. The Balaban J connectivity index is 1.65. The molecule has 3 aliphatic carbocycles. The van der Waals surface area contributed by atoms with Crippen molar-refractivity contribution >= 4 is 29.0 Å². The fourth-order valence-corrected chi connectivity index (χ4v) is 6.56. The van der Waals surface area contributed by atoms with Gasteiger partial charge in [-0.25, -0.2) is 4.90 Å². The summed E-state index contributed by atoms with van der Waals surface area (Å²) in [6.07, 6.45) is 0. The number of non-ortho nitro benzene ring substituents is 1. The average molecular weight is 452 g/mol. The zero-order valence-electron chi connectivity index (χ0n) is 18.5. The van der Waals surface area contributed by atoms with E-state index in [1.807, 2.05) is 48.5 Å². The summed E-state index contributed by atoms with van der Waals surface area (Å²) in [5, 5.41) is 11.4. The number of nitro benzene ring substituents is 1. The van der Waals surface area contributed by atoms with Crippen LogP contribution in [0.25, 0.3) is 0 Å². The molecule has 1 saturated heterocycles. The summed E-state index contributed by atoms with van der Waals surface area (Å²) < 4.78 is 0. The lowest BCUT2D eigenvalue weighted by molar-refractivity contribution is -0.384. The van der Waals surface area contributed by atoms with Crippen molar-refractivity contribution in [2.24, 2.45) is 11.8 Å². The number of imide groups is 1. The summed E-state index contributed by atoms with van der Waals surface area (Å²) in [6, 6.07) is 19.3. The van der Waals surface area contributed by atoms with Gasteiger partial charge in [0.15, 0.2) is 0 Å². The number of nitrogens with zero attached hydrogens (tertiary/aromatic N) is 2. The highest BCUT2D eigenvalue weighted by Gasteiger charge is 2.70. The quantitative estimate of drug-likeness (QED) is 0.339. The molecule has 34 heavy (non-hydrogen) atoms. The predicted octanol–water partition coefficient (Wildman–Crippen LogP) is 4.04. The van der Waals surface area contributed by atoms with E-state index in [4.69, 9.17) is 0 Å². The van der Waals surface area contributed by atoms with Crippen molar-refractivity contribution in [1.29, 1.82) is 0 Å². The van der Waals surface area contributed by atoms with E-state index in [0.717, 1.165) is 27.2 Å². The standard InChI is InChI=1S/C27H20N2O5/c1-14-11-12-16(29(33)34)13-21(14)28-25(31)23-22-17-7-3-5-9-19(17)27(15(2)30,24(23)26(28)32)20-10-6-4-8-18(20)22/h3-13,22-24H,1-2H3. The summed E-state index contributed by atoms with van der Waals surface area (Å²) in [5.74, 6) is -3.15. The van der Waals surface area contributed by atoms with E-state index in [1.54, 1.807) is 6.92 Å². The maximum absolute atomic E-state index is 14.1. The van der Waals surface area contributed by atoms with Crippen LogP contribution in [0.5, 0.6) is 0 Å². The van der Waals surface area contributed by atoms with E-state index in [-0.39, 0.29) is 23.1 Å². The number of rotatable bonds is 3. The fourth-order valence-electron chi connectivity index (χ4n) is 6.56. The van der Waals surface area contributed by atoms with E-state index in [2.05, 4.69) is 0 Å². The SMILES string of the molecule is CC(=O)C12c3ccccc3C(c3ccccc31)C1C(=O)N(c3cc([N+](=O)[O-])ccc3C)C(=O)C12. The van der Waals surface area contributed by atoms with Gasteiger partial charge in [-0.05, 0) is 41.7 Å². The Labute approximate surface area is 195 Å². The average Bonchev–Trinajstić information content (AvgIpc) is 3.10.